The van der Waals surface area contributed by atoms with Crippen molar-refractivity contribution in [2.45, 2.75) is 19.3 Å². The molecule has 3 aromatic heterocycles. The molecule has 0 amide bonds. The number of carbonyl (C=O) groups excluding carboxylic acids is 1. The molecule has 5 rings (SSSR count). The molecule has 4 nitrogen and oxygen atoms in total. The number of nitrogen functional groups attached to an aromatic ring is 1. The van der Waals surface area contributed by atoms with Crippen LogP contribution in [0.2, 0.25) is 5.02 Å². The van der Waals surface area contributed by atoms with Crippen LogP contribution >= 0.6 is 22.9 Å². The summed E-state index contributed by atoms with van der Waals surface area (Å²) in [4.78, 5) is 19.2. The molecule has 0 bridgehead atoms. The number of carbonyl (C=O) groups is 1. The first-order valence-corrected chi connectivity index (χ1v) is 9.91. The van der Waals surface area contributed by atoms with Crippen molar-refractivity contribution in [3.8, 4) is 11.3 Å². The molecule has 134 valence electrons. The lowest BCUT2D eigenvalue weighted by Crippen LogP contribution is -2.02. The number of furan rings is 1. The molecule has 2 N–H and O–H groups in total. The van der Waals surface area contributed by atoms with Gasteiger partial charge in [0.15, 0.2) is 0 Å². The maximum Gasteiger partial charge on any atom is 0.205 e. The summed E-state index contributed by atoms with van der Waals surface area (Å²) in [6.07, 6.45) is 4.62. The summed E-state index contributed by atoms with van der Waals surface area (Å²) in [7, 11) is 0. The summed E-state index contributed by atoms with van der Waals surface area (Å²) in [5, 5.41) is 1.42. The van der Waals surface area contributed by atoms with Crippen LogP contribution in [0.25, 0.3) is 21.5 Å². The fourth-order valence-corrected chi connectivity index (χ4v) is 4.95. The summed E-state index contributed by atoms with van der Waals surface area (Å²) in [5.74, 6) is 0.660. The lowest BCUT2D eigenvalue weighted by Gasteiger charge is -2.08. The van der Waals surface area contributed by atoms with E-state index in [1.165, 1.54) is 16.9 Å². The van der Waals surface area contributed by atoms with Crippen LogP contribution in [0.3, 0.4) is 0 Å². The number of aryl methyl sites for hydroxylation is 1. The summed E-state index contributed by atoms with van der Waals surface area (Å²) in [6, 6.07) is 10.7. The van der Waals surface area contributed by atoms with Crippen molar-refractivity contribution in [1.29, 1.82) is 0 Å². The van der Waals surface area contributed by atoms with E-state index < -0.39 is 0 Å². The highest BCUT2D eigenvalue weighted by Gasteiger charge is 2.27. The van der Waals surface area contributed by atoms with Crippen LogP contribution in [0.15, 0.2) is 47.1 Å². The zero-order chi connectivity index (χ0) is 18.5. The van der Waals surface area contributed by atoms with E-state index >= 15 is 0 Å². The molecular weight excluding hydrogens is 380 g/mol. The first-order valence-electron chi connectivity index (χ1n) is 8.71. The summed E-state index contributed by atoms with van der Waals surface area (Å²) in [5.41, 5.74) is 10.8. The quantitative estimate of drug-likeness (QED) is 0.465. The van der Waals surface area contributed by atoms with Crippen LogP contribution in [0.1, 0.15) is 32.9 Å². The highest BCUT2D eigenvalue weighted by molar-refractivity contribution is 7.21. The number of nitrogens with two attached hydrogens (primary N) is 1. The van der Waals surface area contributed by atoms with Gasteiger partial charge in [-0.1, -0.05) is 11.6 Å². The number of hydrogen-bond acceptors (Lipinski definition) is 5. The van der Waals surface area contributed by atoms with E-state index in [1.54, 1.807) is 30.5 Å². The Morgan fingerprint density at radius 1 is 1.19 bits per heavy atom. The minimum atomic E-state index is -0.113. The number of rotatable bonds is 3. The van der Waals surface area contributed by atoms with Gasteiger partial charge in [-0.05, 0) is 61.2 Å². The zero-order valence-corrected chi connectivity index (χ0v) is 15.9. The molecule has 0 atom stereocenters. The molecular formula is C21H15ClN2O2S. The van der Waals surface area contributed by atoms with Crippen LogP contribution < -0.4 is 5.73 Å². The number of benzene rings is 1. The maximum absolute atomic E-state index is 13.0. The molecule has 3 heterocycles. The van der Waals surface area contributed by atoms with Gasteiger partial charge in [-0.3, -0.25) is 4.79 Å². The normalized spacial score (nSPS) is 13.2. The number of aromatic nitrogens is 1. The van der Waals surface area contributed by atoms with Crippen molar-refractivity contribution in [1.82, 2.24) is 4.98 Å². The van der Waals surface area contributed by atoms with Crippen molar-refractivity contribution in [3.05, 3.63) is 69.4 Å². The van der Waals surface area contributed by atoms with Gasteiger partial charge in [0, 0.05) is 27.2 Å². The van der Waals surface area contributed by atoms with Crippen molar-refractivity contribution in [2.75, 3.05) is 5.73 Å². The number of thiophene rings is 1. The third-order valence-electron chi connectivity index (χ3n) is 4.98. The van der Waals surface area contributed by atoms with Gasteiger partial charge >= 0.3 is 0 Å². The second-order valence-corrected chi connectivity index (χ2v) is 8.04. The van der Waals surface area contributed by atoms with E-state index in [0.717, 1.165) is 46.5 Å². The Balaban J connectivity index is 1.75. The van der Waals surface area contributed by atoms with E-state index in [4.69, 9.17) is 26.7 Å². The number of hydrogen-bond donors (Lipinski definition) is 1. The zero-order valence-electron chi connectivity index (χ0n) is 14.3. The largest absolute Gasteiger partial charge is 0.464 e. The second-order valence-electron chi connectivity index (χ2n) is 6.60. The Morgan fingerprint density at radius 3 is 2.74 bits per heavy atom. The van der Waals surface area contributed by atoms with Crippen molar-refractivity contribution in [2.24, 2.45) is 0 Å². The summed E-state index contributed by atoms with van der Waals surface area (Å²) >= 11 is 7.29. The molecule has 0 radical (unpaired) electrons. The topological polar surface area (TPSA) is 69.1 Å². The van der Waals surface area contributed by atoms with Crippen LogP contribution in [-0.4, -0.2) is 10.8 Å². The molecule has 0 saturated carbocycles. The van der Waals surface area contributed by atoms with Crippen LogP contribution in [-0.2, 0) is 12.8 Å². The predicted octanol–water partition coefficient (Wildman–Crippen LogP) is 5.51. The Bertz CT molecular complexity index is 1180. The third-order valence-corrected chi connectivity index (χ3v) is 6.33. The first kappa shape index (κ1) is 16.5. The molecule has 1 aliphatic rings. The summed E-state index contributed by atoms with van der Waals surface area (Å²) in [6.45, 7) is 0. The van der Waals surface area contributed by atoms with Gasteiger partial charge in [0.2, 0.25) is 5.78 Å². The molecule has 0 saturated heterocycles. The first-order chi connectivity index (χ1) is 13.1. The molecule has 4 aromatic rings. The van der Waals surface area contributed by atoms with Crippen LogP contribution in [0.5, 0.6) is 0 Å². The number of anilines is 1. The van der Waals surface area contributed by atoms with E-state index in [0.29, 0.717) is 21.2 Å². The number of nitrogens with zero attached hydrogens (tertiary/aromatic N) is 1. The highest BCUT2D eigenvalue weighted by Crippen LogP contribution is 2.44. The van der Waals surface area contributed by atoms with Crippen molar-refractivity contribution >= 4 is 44.6 Å². The fraction of sp³-hybridized carbons (Fsp3) is 0.143. The van der Waals surface area contributed by atoms with E-state index in [9.17, 15) is 4.79 Å². The van der Waals surface area contributed by atoms with Gasteiger partial charge in [-0.25, -0.2) is 4.98 Å². The van der Waals surface area contributed by atoms with Gasteiger partial charge in [0.25, 0.3) is 0 Å². The molecule has 0 spiro atoms. The third kappa shape index (κ3) is 2.58. The minimum Gasteiger partial charge on any atom is -0.464 e. The molecule has 0 unspecified atom stereocenters. The average Bonchev–Trinajstić information content (AvgIpc) is 3.41. The predicted molar refractivity (Wildman–Crippen MR) is 109 cm³/mol. The Hall–Kier alpha value is -2.63. The van der Waals surface area contributed by atoms with E-state index in [1.807, 2.05) is 12.1 Å². The van der Waals surface area contributed by atoms with E-state index in [2.05, 4.69) is 0 Å². The van der Waals surface area contributed by atoms with Crippen molar-refractivity contribution in [3.63, 3.8) is 0 Å². The minimum absolute atomic E-state index is 0.113. The summed E-state index contributed by atoms with van der Waals surface area (Å²) < 4.78 is 5.70. The number of pyridine rings is 1. The molecule has 1 aliphatic carbocycles. The Kier molecular flexibility index (Phi) is 3.81. The van der Waals surface area contributed by atoms with Gasteiger partial charge in [-0.15, -0.1) is 11.3 Å². The molecule has 6 heteroatoms. The van der Waals surface area contributed by atoms with Gasteiger partial charge in [-0.2, -0.15) is 0 Å². The lowest BCUT2D eigenvalue weighted by atomic mass is 10.00. The Labute approximate surface area is 164 Å². The number of fused-ring (bicyclic) bond motifs is 2. The van der Waals surface area contributed by atoms with Crippen LogP contribution in [0, 0.1) is 0 Å². The van der Waals surface area contributed by atoms with Gasteiger partial charge < -0.3 is 10.2 Å². The molecule has 0 fully saturated rings. The lowest BCUT2D eigenvalue weighted by molar-refractivity contribution is 0.104. The Morgan fingerprint density at radius 2 is 2.00 bits per heavy atom. The molecule has 0 aliphatic heterocycles. The fourth-order valence-electron chi connectivity index (χ4n) is 3.74. The monoisotopic (exact) mass is 394 g/mol. The average molecular weight is 395 g/mol. The smallest absolute Gasteiger partial charge is 0.205 e. The number of ketones is 1. The standard InChI is InChI=1S/C21H15ClN2O2S/c22-12-8-6-11(7-9-12)19(25)20-18(23)17-16(15-5-2-10-26-15)13-3-1-4-14(13)24-21(17)27-20/h2,5-10H,1,3-4,23H2. The number of halogens is 1. The van der Waals surface area contributed by atoms with E-state index in [-0.39, 0.29) is 5.78 Å². The maximum atomic E-state index is 13.0. The highest BCUT2D eigenvalue weighted by atomic mass is 35.5. The van der Waals surface area contributed by atoms with Gasteiger partial charge in [0.05, 0.1) is 12.0 Å². The van der Waals surface area contributed by atoms with Crippen molar-refractivity contribution < 1.29 is 9.21 Å². The second kappa shape index (κ2) is 6.22. The molecule has 27 heavy (non-hydrogen) atoms. The van der Waals surface area contributed by atoms with Crippen LogP contribution in [0.4, 0.5) is 5.69 Å². The SMILES string of the molecule is Nc1c(C(=O)c2ccc(Cl)cc2)sc2nc3c(c(-c4ccco4)c12)CCC3. The molecule has 1 aromatic carbocycles. The van der Waals surface area contributed by atoms with Gasteiger partial charge in [0.1, 0.15) is 15.5 Å².